The molecule has 1 aromatic heterocycles. The molecule has 0 bridgehead atoms. The zero-order valence-electron chi connectivity index (χ0n) is 12.3. The molecule has 2 N–H and O–H groups in total. The molecule has 0 aliphatic heterocycles. The lowest BCUT2D eigenvalue weighted by Gasteiger charge is -2.17. The summed E-state index contributed by atoms with van der Waals surface area (Å²) in [5.41, 5.74) is 3.26. The molecule has 1 atom stereocenters. The van der Waals surface area contributed by atoms with Gasteiger partial charge in [0, 0.05) is 11.9 Å². The zero-order chi connectivity index (χ0) is 15.4. The maximum Gasteiger partial charge on any atom is 0.247 e. The Balaban J connectivity index is 2.00. The van der Waals surface area contributed by atoms with E-state index in [0.717, 1.165) is 11.3 Å². The number of hydrogen-bond acceptors (Lipinski definition) is 3. The van der Waals surface area contributed by atoms with E-state index in [0.29, 0.717) is 10.8 Å². The Morgan fingerprint density at radius 3 is 2.62 bits per heavy atom. The van der Waals surface area contributed by atoms with Gasteiger partial charge < -0.3 is 10.6 Å². The highest BCUT2D eigenvalue weighted by atomic mass is 35.5. The summed E-state index contributed by atoms with van der Waals surface area (Å²) in [5.74, 6) is 0.337. The first kappa shape index (κ1) is 15.3. The van der Waals surface area contributed by atoms with E-state index in [2.05, 4.69) is 21.7 Å². The van der Waals surface area contributed by atoms with Crippen LogP contribution in [-0.4, -0.2) is 16.9 Å². The first-order valence-electron chi connectivity index (χ1n) is 6.72. The van der Waals surface area contributed by atoms with Crippen LogP contribution in [0.5, 0.6) is 0 Å². The van der Waals surface area contributed by atoms with Gasteiger partial charge in [0.25, 0.3) is 0 Å². The molecule has 21 heavy (non-hydrogen) atoms. The lowest BCUT2D eigenvalue weighted by molar-refractivity contribution is -0.116. The van der Waals surface area contributed by atoms with Crippen molar-refractivity contribution < 1.29 is 4.79 Å². The van der Waals surface area contributed by atoms with Crippen LogP contribution in [0.25, 0.3) is 0 Å². The number of aryl methyl sites for hydroxylation is 2. The second-order valence-corrected chi connectivity index (χ2v) is 5.47. The molecular formula is C16H18ClN3O. The lowest BCUT2D eigenvalue weighted by atomic mass is 10.1. The van der Waals surface area contributed by atoms with Crippen LogP contribution in [0, 0.1) is 13.8 Å². The van der Waals surface area contributed by atoms with Crippen LogP contribution in [0.3, 0.4) is 0 Å². The van der Waals surface area contributed by atoms with Crippen LogP contribution in [0.1, 0.15) is 18.1 Å². The summed E-state index contributed by atoms with van der Waals surface area (Å²) in [5, 5.41) is 6.49. The minimum atomic E-state index is -0.371. The van der Waals surface area contributed by atoms with Gasteiger partial charge in [-0.1, -0.05) is 29.3 Å². The minimum Gasteiger partial charge on any atom is -0.374 e. The molecule has 0 saturated carbocycles. The number of rotatable bonds is 4. The number of aromatic nitrogens is 1. The Kier molecular flexibility index (Phi) is 4.81. The summed E-state index contributed by atoms with van der Waals surface area (Å²) in [6.07, 6.45) is 1.50. The number of nitrogens with zero attached hydrogens (tertiary/aromatic N) is 1. The number of anilines is 2. The fourth-order valence-electron chi connectivity index (χ4n) is 1.96. The van der Waals surface area contributed by atoms with Crippen LogP contribution >= 0.6 is 11.6 Å². The van der Waals surface area contributed by atoms with Crippen molar-refractivity contribution in [2.75, 3.05) is 10.6 Å². The average molecular weight is 304 g/mol. The second kappa shape index (κ2) is 6.59. The quantitative estimate of drug-likeness (QED) is 0.903. The van der Waals surface area contributed by atoms with E-state index in [1.165, 1.54) is 11.8 Å². The number of benzene rings is 1. The number of carbonyl (C=O) groups is 1. The molecule has 1 amide bonds. The van der Waals surface area contributed by atoms with Crippen molar-refractivity contribution >= 4 is 29.0 Å². The van der Waals surface area contributed by atoms with E-state index in [1.54, 1.807) is 12.1 Å². The van der Waals surface area contributed by atoms with Crippen molar-refractivity contribution in [1.82, 2.24) is 4.98 Å². The van der Waals surface area contributed by atoms with Crippen molar-refractivity contribution in [2.45, 2.75) is 26.8 Å². The number of hydrogen-bond donors (Lipinski definition) is 2. The van der Waals surface area contributed by atoms with Gasteiger partial charge >= 0.3 is 0 Å². The number of pyridine rings is 1. The molecule has 0 fully saturated rings. The molecule has 0 saturated heterocycles. The predicted octanol–water partition coefficient (Wildman–Crippen LogP) is 3.79. The largest absolute Gasteiger partial charge is 0.374 e. The van der Waals surface area contributed by atoms with E-state index < -0.39 is 0 Å². The predicted molar refractivity (Wildman–Crippen MR) is 86.9 cm³/mol. The molecule has 0 radical (unpaired) electrons. The van der Waals surface area contributed by atoms with Crippen LogP contribution in [-0.2, 0) is 4.79 Å². The third kappa shape index (κ3) is 4.20. The summed E-state index contributed by atoms with van der Waals surface area (Å²) in [4.78, 5) is 16.2. The lowest BCUT2D eigenvalue weighted by Crippen LogP contribution is -2.32. The fraction of sp³-hybridized carbons (Fsp3) is 0.250. The molecule has 2 rings (SSSR count). The summed E-state index contributed by atoms with van der Waals surface area (Å²) < 4.78 is 0. The van der Waals surface area contributed by atoms with Crippen molar-refractivity contribution in [3.63, 3.8) is 0 Å². The third-order valence-electron chi connectivity index (χ3n) is 3.13. The van der Waals surface area contributed by atoms with Crippen LogP contribution < -0.4 is 10.6 Å². The number of carbonyl (C=O) groups excluding carboxylic acids is 1. The monoisotopic (exact) mass is 303 g/mol. The molecule has 110 valence electrons. The standard InChI is InChI=1S/C16H18ClN3O/c1-10-4-6-14(11(2)8-10)19-12(3)16(21)20-15-7-5-13(17)9-18-15/h4-9,12,19H,1-3H3,(H,18,20,21)/t12-/m0/s1. The first-order chi connectivity index (χ1) is 9.95. The Hall–Kier alpha value is -2.07. The summed E-state index contributed by atoms with van der Waals surface area (Å²) >= 11 is 5.76. The van der Waals surface area contributed by atoms with Crippen molar-refractivity contribution in [1.29, 1.82) is 0 Å². The Morgan fingerprint density at radius 1 is 1.24 bits per heavy atom. The highest BCUT2D eigenvalue weighted by Gasteiger charge is 2.14. The van der Waals surface area contributed by atoms with Gasteiger partial charge in [0.1, 0.15) is 11.9 Å². The molecule has 0 unspecified atom stereocenters. The first-order valence-corrected chi connectivity index (χ1v) is 7.09. The van der Waals surface area contributed by atoms with Crippen molar-refractivity contribution in [2.24, 2.45) is 0 Å². The third-order valence-corrected chi connectivity index (χ3v) is 3.35. The van der Waals surface area contributed by atoms with E-state index in [1.807, 2.05) is 32.9 Å². The molecule has 2 aromatic rings. The molecule has 1 heterocycles. The maximum absolute atomic E-state index is 12.1. The molecule has 1 aromatic carbocycles. The van der Waals surface area contributed by atoms with Crippen molar-refractivity contribution in [3.8, 4) is 0 Å². The van der Waals surface area contributed by atoms with E-state index in [9.17, 15) is 4.79 Å². The van der Waals surface area contributed by atoms with E-state index in [4.69, 9.17) is 11.6 Å². The topological polar surface area (TPSA) is 54.0 Å². The minimum absolute atomic E-state index is 0.148. The van der Waals surface area contributed by atoms with Crippen molar-refractivity contribution in [3.05, 3.63) is 52.7 Å². The van der Waals surface area contributed by atoms with Gasteiger partial charge in [-0.05, 0) is 44.5 Å². The smallest absolute Gasteiger partial charge is 0.247 e. The molecule has 0 spiro atoms. The van der Waals surface area contributed by atoms with E-state index >= 15 is 0 Å². The second-order valence-electron chi connectivity index (χ2n) is 5.04. The molecule has 4 nitrogen and oxygen atoms in total. The molecule has 0 aliphatic rings. The van der Waals surface area contributed by atoms with E-state index in [-0.39, 0.29) is 11.9 Å². The summed E-state index contributed by atoms with van der Waals surface area (Å²) in [6.45, 7) is 5.87. The van der Waals surface area contributed by atoms with Gasteiger partial charge in [0.05, 0.1) is 5.02 Å². The Morgan fingerprint density at radius 2 is 2.00 bits per heavy atom. The van der Waals surface area contributed by atoms with Gasteiger partial charge in [0.15, 0.2) is 0 Å². The Labute approximate surface area is 129 Å². The van der Waals surface area contributed by atoms with Gasteiger partial charge in [0.2, 0.25) is 5.91 Å². The van der Waals surface area contributed by atoms with Crippen LogP contribution in [0.15, 0.2) is 36.5 Å². The summed E-state index contributed by atoms with van der Waals surface area (Å²) in [7, 11) is 0. The zero-order valence-corrected chi connectivity index (χ0v) is 13.0. The highest BCUT2D eigenvalue weighted by Crippen LogP contribution is 2.17. The molecule has 5 heteroatoms. The normalized spacial score (nSPS) is 11.8. The highest BCUT2D eigenvalue weighted by molar-refractivity contribution is 6.30. The SMILES string of the molecule is Cc1ccc(N[C@@H](C)C(=O)Nc2ccc(Cl)cn2)c(C)c1. The summed E-state index contributed by atoms with van der Waals surface area (Å²) in [6, 6.07) is 9.06. The number of amides is 1. The van der Waals surface area contributed by atoms with Gasteiger partial charge in [-0.3, -0.25) is 4.79 Å². The fourth-order valence-corrected chi connectivity index (χ4v) is 2.07. The van der Waals surface area contributed by atoms with Crippen LogP contribution in [0.2, 0.25) is 5.02 Å². The van der Waals surface area contributed by atoms with Gasteiger partial charge in [-0.2, -0.15) is 0 Å². The number of nitrogens with one attached hydrogen (secondary N) is 2. The maximum atomic E-state index is 12.1. The average Bonchev–Trinajstić information content (AvgIpc) is 2.44. The van der Waals surface area contributed by atoms with Crippen LogP contribution in [0.4, 0.5) is 11.5 Å². The number of halogens is 1. The van der Waals surface area contributed by atoms with Gasteiger partial charge in [-0.25, -0.2) is 4.98 Å². The molecular weight excluding hydrogens is 286 g/mol. The molecule has 0 aliphatic carbocycles. The van der Waals surface area contributed by atoms with Gasteiger partial charge in [-0.15, -0.1) is 0 Å². The Bertz CT molecular complexity index is 640.